The van der Waals surface area contributed by atoms with Crippen molar-refractivity contribution in [3.63, 3.8) is 0 Å². The molecule has 1 aliphatic rings. The minimum atomic E-state index is -3.49. The van der Waals surface area contributed by atoms with Gasteiger partial charge in [0.2, 0.25) is 10.0 Å². The normalized spacial score (nSPS) is 17.4. The first-order valence-electron chi connectivity index (χ1n) is 6.28. The number of sulfonamides is 1. The van der Waals surface area contributed by atoms with Gasteiger partial charge in [0, 0.05) is 25.9 Å². The lowest BCUT2D eigenvalue weighted by Gasteiger charge is -2.25. The maximum absolute atomic E-state index is 12.3. The quantitative estimate of drug-likeness (QED) is 0.838. The fraction of sp³-hybridized carbons (Fsp3) is 0.462. The highest BCUT2D eigenvalue weighted by molar-refractivity contribution is 7.89. The highest BCUT2D eigenvalue weighted by Crippen LogP contribution is 2.21. The molecular weight excluding hydrogens is 266 g/mol. The van der Waals surface area contributed by atoms with Crippen LogP contribution in [-0.4, -0.2) is 38.2 Å². The summed E-state index contributed by atoms with van der Waals surface area (Å²) < 4.78 is 31.3. The summed E-state index contributed by atoms with van der Waals surface area (Å²) in [5.74, 6) is 0.772. The highest BCUT2D eigenvalue weighted by atomic mass is 32.2. The molecule has 5 nitrogen and oxygen atoms in total. The standard InChI is InChI=1S/C13H17NO4S/c1-2-18-12-3-5-13(6-4-12)19(16,17)14-9-7-11(15)8-10-14/h3-6H,2,7-10H2,1H3. The number of carbonyl (C=O) groups excluding carboxylic acids is 1. The van der Waals surface area contributed by atoms with Crippen LogP contribution in [0.2, 0.25) is 0 Å². The summed E-state index contributed by atoms with van der Waals surface area (Å²) in [5.41, 5.74) is 0. The second kappa shape index (κ2) is 5.71. The smallest absolute Gasteiger partial charge is 0.243 e. The average Bonchev–Trinajstić information content (AvgIpc) is 2.40. The number of carbonyl (C=O) groups is 1. The van der Waals surface area contributed by atoms with E-state index < -0.39 is 10.0 Å². The fourth-order valence-electron chi connectivity index (χ4n) is 2.00. The molecule has 6 heteroatoms. The Bertz CT molecular complexity index is 541. The van der Waals surface area contributed by atoms with Crippen molar-refractivity contribution < 1.29 is 17.9 Å². The van der Waals surface area contributed by atoms with E-state index >= 15 is 0 Å². The average molecular weight is 283 g/mol. The van der Waals surface area contributed by atoms with E-state index in [2.05, 4.69) is 0 Å². The molecule has 2 rings (SSSR count). The second-order valence-corrected chi connectivity index (χ2v) is 6.29. The Morgan fingerprint density at radius 1 is 1.16 bits per heavy atom. The SMILES string of the molecule is CCOc1ccc(S(=O)(=O)N2CCC(=O)CC2)cc1. The van der Waals surface area contributed by atoms with Gasteiger partial charge in [0.15, 0.2) is 0 Å². The molecule has 1 saturated heterocycles. The van der Waals surface area contributed by atoms with Gasteiger partial charge >= 0.3 is 0 Å². The van der Waals surface area contributed by atoms with Crippen LogP contribution in [0.1, 0.15) is 19.8 Å². The lowest BCUT2D eigenvalue weighted by Crippen LogP contribution is -2.38. The molecular formula is C13H17NO4S. The summed E-state index contributed by atoms with van der Waals surface area (Å²) in [6, 6.07) is 6.37. The minimum absolute atomic E-state index is 0.123. The van der Waals surface area contributed by atoms with Crippen LogP contribution in [0.3, 0.4) is 0 Å². The van der Waals surface area contributed by atoms with Gasteiger partial charge in [0.1, 0.15) is 11.5 Å². The van der Waals surface area contributed by atoms with Crippen LogP contribution in [0.25, 0.3) is 0 Å². The van der Waals surface area contributed by atoms with Gasteiger partial charge in [-0.25, -0.2) is 8.42 Å². The van der Waals surface area contributed by atoms with Crippen LogP contribution >= 0.6 is 0 Å². The Morgan fingerprint density at radius 3 is 2.26 bits per heavy atom. The Labute approximate surface area is 113 Å². The predicted molar refractivity (Wildman–Crippen MR) is 70.6 cm³/mol. The zero-order valence-corrected chi connectivity index (χ0v) is 11.6. The number of hydrogen-bond donors (Lipinski definition) is 0. The van der Waals surface area contributed by atoms with Gasteiger partial charge in [0.05, 0.1) is 11.5 Å². The Kier molecular flexibility index (Phi) is 4.21. The maximum Gasteiger partial charge on any atom is 0.243 e. The monoisotopic (exact) mass is 283 g/mol. The highest BCUT2D eigenvalue weighted by Gasteiger charge is 2.28. The van der Waals surface area contributed by atoms with Crippen molar-refractivity contribution in [3.05, 3.63) is 24.3 Å². The molecule has 19 heavy (non-hydrogen) atoms. The number of ether oxygens (including phenoxy) is 1. The third-order valence-corrected chi connectivity index (χ3v) is 4.97. The molecule has 0 atom stereocenters. The number of Topliss-reactive ketones (excluding diaryl/α,β-unsaturated/α-hetero) is 1. The Morgan fingerprint density at radius 2 is 1.74 bits per heavy atom. The maximum atomic E-state index is 12.3. The second-order valence-electron chi connectivity index (χ2n) is 4.35. The molecule has 0 saturated carbocycles. The van der Waals surface area contributed by atoms with Crippen molar-refractivity contribution >= 4 is 15.8 Å². The van der Waals surface area contributed by atoms with Crippen LogP contribution < -0.4 is 4.74 Å². The predicted octanol–water partition coefficient (Wildman–Crippen LogP) is 1.44. The molecule has 104 valence electrons. The molecule has 0 unspecified atom stereocenters. The molecule has 0 N–H and O–H groups in total. The summed E-state index contributed by atoms with van der Waals surface area (Å²) in [6.45, 7) is 2.96. The molecule has 1 fully saturated rings. The molecule has 0 spiro atoms. The molecule has 1 aliphatic heterocycles. The van der Waals surface area contributed by atoms with Crippen molar-refractivity contribution in [2.24, 2.45) is 0 Å². The van der Waals surface area contributed by atoms with Crippen LogP contribution in [0.4, 0.5) is 0 Å². The van der Waals surface area contributed by atoms with E-state index in [1.54, 1.807) is 12.1 Å². The van der Waals surface area contributed by atoms with E-state index in [4.69, 9.17) is 4.74 Å². The molecule has 0 amide bonds. The number of nitrogens with zero attached hydrogens (tertiary/aromatic N) is 1. The number of ketones is 1. The van der Waals surface area contributed by atoms with E-state index in [0.717, 1.165) is 0 Å². The van der Waals surface area contributed by atoms with Gasteiger partial charge in [-0.2, -0.15) is 4.31 Å². The first-order chi connectivity index (χ1) is 9.04. The summed E-state index contributed by atoms with van der Waals surface area (Å²) >= 11 is 0. The van der Waals surface area contributed by atoms with Crippen LogP contribution in [-0.2, 0) is 14.8 Å². The summed E-state index contributed by atoms with van der Waals surface area (Å²) in [6.07, 6.45) is 0.604. The summed E-state index contributed by atoms with van der Waals surface area (Å²) in [7, 11) is -3.49. The number of piperidine rings is 1. The van der Waals surface area contributed by atoms with Gasteiger partial charge in [0.25, 0.3) is 0 Å². The van der Waals surface area contributed by atoms with Crippen molar-refractivity contribution in [1.82, 2.24) is 4.31 Å². The summed E-state index contributed by atoms with van der Waals surface area (Å²) in [4.78, 5) is 11.4. The van der Waals surface area contributed by atoms with Crippen LogP contribution in [0.5, 0.6) is 5.75 Å². The zero-order chi connectivity index (χ0) is 13.9. The molecule has 1 aromatic rings. The third kappa shape index (κ3) is 3.13. The van der Waals surface area contributed by atoms with Gasteiger partial charge in [-0.05, 0) is 31.2 Å². The minimum Gasteiger partial charge on any atom is -0.494 e. The first-order valence-corrected chi connectivity index (χ1v) is 7.73. The van der Waals surface area contributed by atoms with E-state index in [0.29, 0.717) is 25.2 Å². The van der Waals surface area contributed by atoms with Crippen LogP contribution in [0.15, 0.2) is 29.2 Å². The number of benzene rings is 1. The van der Waals surface area contributed by atoms with Crippen molar-refractivity contribution in [2.45, 2.75) is 24.7 Å². The van der Waals surface area contributed by atoms with Gasteiger partial charge in [-0.3, -0.25) is 4.79 Å². The Balaban J connectivity index is 2.17. The van der Waals surface area contributed by atoms with Crippen LogP contribution in [0, 0.1) is 0 Å². The number of hydrogen-bond acceptors (Lipinski definition) is 4. The van der Waals surface area contributed by atoms with Crippen molar-refractivity contribution in [2.75, 3.05) is 19.7 Å². The van der Waals surface area contributed by atoms with E-state index in [1.807, 2.05) is 6.92 Å². The van der Waals surface area contributed by atoms with E-state index in [9.17, 15) is 13.2 Å². The van der Waals surface area contributed by atoms with Gasteiger partial charge in [-0.1, -0.05) is 0 Å². The van der Waals surface area contributed by atoms with Crippen molar-refractivity contribution in [3.8, 4) is 5.75 Å². The Hall–Kier alpha value is -1.40. The molecule has 0 radical (unpaired) electrons. The molecule has 0 aromatic heterocycles. The zero-order valence-electron chi connectivity index (χ0n) is 10.8. The molecule has 0 bridgehead atoms. The van der Waals surface area contributed by atoms with E-state index in [-0.39, 0.29) is 23.8 Å². The van der Waals surface area contributed by atoms with Gasteiger partial charge in [-0.15, -0.1) is 0 Å². The first kappa shape index (κ1) is 14.0. The van der Waals surface area contributed by atoms with Crippen molar-refractivity contribution in [1.29, 1.82) is 0 Å². The third-order valence-electron chi connectivity index (χ3n) is 3.05. The van der Waals surface area contributed by atoms with E-state index in [1.165, 1.54) is 16.4 Å². The molecule has 1 aromatic carbocycles. The molecule has 0 aliphatic carbocycles. The summed E-state index contributed by atoms with van der Waals surface area (Å²) in [5, 5.41) is 0. The largest absolute Gasteiger partial charge is 0.494 e. The fourth-order valence-corrected chi connectivity index (χ4v) is 3.44. The topological polar surface area (TPSA) is 63.7 Å². The number of rotatable bonds is 4. The molecule has 1 heterocycles. The lowest BCUT2D eigenvalue weighted by molar-refractivity contribution is -0.120. The lowest BCUT2D eigenvalue weighted by atomic mass is 10.1. The van der Waals surface area contributed by atoms with Gasteiger partial charge < -0.3 is 4.74 Å².